The topological polar surface area (TPSA) is 110 Å². The fraction of sp³-hybridized carbons (Fsp3) is 0.458. The first-order valence-corrected chi connectivity index (χ1v) is 11.2. The summed E-state index contributed by atoms with van der Waals surface area (Å²) < 4.78 is 17.6. The van der Waals surface area contributed by atoms with Crippen molar-refractivity contribution in [3.05, 3.63) is 35.1 Å². The third-order valence-electron chi connectivity index (χ3n) is 5.73. The van der Waals surface area contributed by atoms with Gasteiger partial charge >= 0.3 is 11.9 Å². The molecular formula is C24H31N4O6+. The number of allylic oxidation sites excluding steroid dienone is 1. The number of hydrogen-bond donors (Lipinski definition) is 1. The zero-order valence-electron chi connectivity index (χ0n) is 20.2. The van der Waals surface area contributed by atoms with Crippen LogP contribution in [0, 0.1) is 5.92 Å². The molecular weight excluding hydrogens is 440 g/mol. The smallest absolute Gasteiger partial charge is 0.446 e. The van der Waals surface area contributed by atoms with Crippen molar-refractivity contribution in [1.82, 2.24) is 10.2 Å². The number of nitrogens with zero attached hydrogens (tertiary/aromatic N) is 3. The minimum atomic E-state index is -0.845. The predicted molar refractivity (Wildman–Crippen MR) is 125 cm³/mol. The highest BCUT2D eigenvalue weighted by Crippen LogP contribution is 2.29. The third kappa shape index (κ3) is 4.95. The van der Waals surface area contributed by atoms with Gasteiger partial charge in [0.05, 0.1) is 27.9 Å². The molecule has 0 bridgehead atoms. The number of urea groups is 1. The fourth-order valence-corrected chi connectivity index (χ4v) is 3.94. The molecule has 34 heavy (non-hydrogen) atoms. The number of aliphatic imine (C=N–C) groups is 1. The zero-order valence-corrected chi connectivity index (χ0v) is 20.2. The molecule has 182 valence electrons. The molecule has 0 saturated heterocycles. The maximum atomic E-state index is 13.3. The zero-order chi connectivity index (χ0) is 24.8. The number of ether oxygens (including phenoxy) is 3. The maximum Gasteiger partial charge on any atom is 0.446 e. The largest absolute Gasteiger partial charge is 0.496 e. The van der Waals surface area contributed by atoms with Crippen molar-refractivity contribution in [2.75, 3.05) is 41.0 Å². The molecule has 0 aliphatic carbocycles. The molecule has 0 spiro atoms. The van der Waals surface area contributed by atoms with Crippen LogP contribution in [0.2, 0.25) is 0 Å². The summed E-state index contributed by atoms with van der Waals surface area (Å²) >= 11 is 0. The van der Waals surface area contributed by atoms with Crippen molar-refractivity contribution in [2.24, 2.45) is 10.9 Å². The van der Waals surface area contributed by atoms with Crippen molar-refractivity contribution in [3.63, 3.8) is 0 Å². The van der Waals surface area contributed by atoms with Gasteiger partial charge in [-0.1, -0.05) is 13.0 Å². The van der Waals surface area contributed by atoms with Gasteiger partial charge in [-0.15, -0.1) is 4.99 Å². The molecule has 0 saturated carbocycles. The van der Waals surface area contributed by atoms with Gasteiger partial charge in [-0.2, -0.15) is 9.48 Å². The number of nitrogens with one attached hydrogen (secondary N) is 1. The second-order valence-corrected chi connectivity index (χ2v) is 7.78. The molecule has 4 amide bonds. The van der Waals surface area contributed by atoms with E-state index in [1.807, 2.05) is 26.0 Å². The second-order valence-electron chi connectivity index (χ2n) is 7.78. The molecule has 3 rings (SSSR count). The highest BCUT2D eigenvalue weighted by molar-refractivity contribution is 6.16. The van der Waals surface area contributed by atoms with Crippen LogP contribution in [-0.2, 0) is 20.7 Å². The van der Waals surface area contributed by atoms with Crippen LogP contribution in [0.4, 0.5) is 4.79 Å². The number of hydrogen-bond acceptors (Lipinski definition) is 7. The summed E-state index contributed by atoms with van der Waals surface area (Å²) in [5.41, 5.74) is 1.74. The van der Waals surface area contributed by atoms with E-state index in [1.54, 1.807) is 26.5 Å². The van der Waals surface area contributed by atoms with Gasteiger partial charge in [0.15, 0.2) is 24.0 Å². The minimum absolute atomic E-state index is 0.306. The molecule has 1 aromatic rings. The number of carbonyl (C=O) groups is 3. The van der Waals surface area contributed by atoms with E-state index in [4.69, 9.17) is 14.2 Å². The van der Waals surface area contributed by atoms with Crippen LogP contribution in [-0.4, -0.2) is 80.3 Å². The highest BCUT2D eigenvalue weighted by atomic mass is 16.5. The van der Waals surface area contributed by atoms with Crippen molar-refractivity contribution >= 4 is 29.9 Å². The average molecular weight is 472 g/mol. The lowest BCUT2D eigenvalue weighted by atomic mass is 9.94. The number of amidine groups is 1. The summed E-state index contributed by atoms with van der Waals surface area (Å²) in [6, 6.07) is 4.92. The third-order valence-corrected chi connectivity index (χ3v) is 5.73. The first-order chi connectivity index (χ1) is 16.4. The van der Waals surface area contributed by atoms with E-state index in [2.05, 4.69) is 10.3 Å². The molecule has 1 aromatic carbocycles. The first kappa shape index (κ1) is 24.9. The van der Waals surface area contributed by atoms with Gasteiger partial charge < -0.3 is 19.5 Å². The summed E-state index contributed by atoms with van der Waals surface area (Å²) in [6.07, 6.45) is 2.80. The minimum Gasteiger partial charge on any atom is -0.496 e. The van der Waals surface area contributed by atoms with E-state index in [9.17, 15) is 14.4 Å². The van der Waals surface area contributed by atoms with Crippen LogP contribution in [0.1, 0.15) is 25.8 Å². The molecule has 2 aliphatic rings. The highest BCUT2D eigenvalue weighted by Gasteiger charge is 2.51. The van der Waals surface area contributed by atoms with E-state index in [-0.39, 0.29) is 6.54 Å². The summed E-state index contributed by atoms with van der Waals surface area (Å²) in [6.45, 7) is 4.09. The molecule has 0 radical (unpaired) electrons. The number of methoxy groups -OCH3 is 2. The predicted octanol–water partition coefficient (Wildman–Crippen LogP) is 1.77. The number of carbonyl (C=O) groups excluding carboxylic acids is 3. The number of rotatable bonds is 10. The van der Waals surface area contributed by atoms with E-state index < -0.39 is 23.8 Å². The lowest BCUT2D eigenvalue weighted by Crippen LogP contribution is -2.57. The second kappa shape index (κ2) is 11.0. The Bertz CT molecular complexity index is 1080. The number of benzene rings is 1. The monoisotopic (exact) mass is 471 g/mol. The van der Waals surface area contributed by atoms with Crippen molar-refractivity contribution in [1.29, 1.82) is 0 Å². The molecule has 10 heteroatoms. The van der Waals surface area contributed by atoms with Crippen molar-refractivity contribution in [2.45, 2.75) is 26.7 Å². The molecule has 1 N–H and O–H groups in total. The Morgan fingerprint density at radius 3 is 2.56 bits per heavy atom. The van der Waals surface area contributed by atoms with E-state index >= 15 is 0 Å². The van der Waals surface area contributed by atoms with Crippen LogP contribution in [0.5, 0.6) is 11.5 Å². The average Bonchev–Trinajstić information content (AvgIpc) is 2.85. The van der Waals surface area contributed by atoms with Gasteiger partial charge in [0.2, 0.25) is 0 Å². The number of imide groups is 1. The summed E-state index contributed by atoms with van der Waals surface area (Å²) in [7, 11) is 4.66. The van der Waals surface area contributed by atoms with Crippen LogP contribution in [0.3, 0.4) is 0 Å². The van der Waals surface area contributed by atoms with E-state index in [1.165, 1.54) is 11.6 Å². The van der Waals surface area contributed by atoms with Gasteiger partial charge in [0.1, 0.15) is 12.0 Å². The SMILES string of the molecule is CCOC1=C(CC)C=NC2=[N+](C)C(=O)N(CC(=O)NCCc3ccc(OC)c(OC)c3)C(=O)C12. The summed E-state index contributed by atoms with van der Waals surface area (Å²) in [5, 5.41) is 2.77. The van der Waals surface area contributed by atoms with Gasteiger partial charge in [-0.25, -0.2) is 4.79 Å². The first-order valence-electron chi connectivity index (χ1n) is 11.2. The molecule has 1 atom stereocenters. The molecule has 10 nitrogen and oxygen atoms in total. The number of amides is 4. The Balaban J connectivity index is 1.68. The van der Waals surface area contributed by atoms with Crippen molar-refractivity contribution in [3.8, 4) is 11.5 Å². The summed E-state index contributed by atoms with van der Waals surface area (Å²) in [4.78, 5) is 44.0. The van der Waals surface area contributed by atoms with Crippen LogP contribution < -0.4 is 14.8 Å². The Kier molecular flexibility index (Phi) is 8.04. The van der Waals surface area contributed by atoms with E-state index in [0.29, 0.717) is 49.1 Å². The maximum absolute atomic E-state index is 13.3. The van der Waals surface area contributed by atoms with Crippen LogP contribution in [0.25, 0.3) is 0 Å². The van der Waals surface area contributed by atoms with Gasteiger partial charge in [0.25, 0.3) is 11.7 Å². The van der Waals surface area contributed by atoms with E-state index in [0.717, 1.165) is 16.0 Å². The number of fused-ring (bicyclic) bond motifs is 1. The molecule has 2 heterocycles. The van der Waals surface area contributed by atoms with Crippen LogP contribution in [0.15, 0.2) is 34.5 Å². The Labute approximate surface area is 198 Å². The fourth-order valence-electron chi connectivity index (χ4n) is 3.94. The number of dihydropyridines is 1. The Morgan fingerprint density at radius 2 is 1.91 bits per heavy atom. The standard InChI is InChI=1S/C24H30N4O6/c1-6-16-13-26-22-20(21(16)34-7-2)23(30)28(24(31)27(22)3)14-19(29)25-11-10-15-8-9-17(32-4)18(12-15)33-5/h8-9,12-13,20H,6-7,10-11,14H2,1-5H3/p+1. The lowest BCUT2D eigenvalue weighted by Gasteiger charge is -2.29. The Morgan fingerprint density at radius 1 is 1.18 bits per heavy atom. The normalized spacial score (nSPS) is 17.7. The van der Waals surface area contributed by atoms with Gasteiger partial charge in [-0.3, -0.25) is 9.59 Å². The molecule has 2 aliphatic heterocycles. The molecule has 0 aromatic heterocycles. The summed E-state index contributed by atoms with van der Waals surface area (Å²) in [5.74, 6) is 0.221. The lowest BCUT2D eigenvalue weighted by molar-refractivity contribution is -0.408. The quantitative estimate of drug-likeness (QED) is 0.521. The van der Waals surface area contributed by atoms with Crippen LogP contribution >= 0.6 is 0 Å². The van der Waals surface area contributed by atoms with Crippen molar-refractivity contribution < 1.29 is 33.2 Å². The molecule has 0 fully saturated rings. The molecule has 1 unspecified atom stereocenters. The van der Waals surface area contributed by atoms with Gasteiger partial charge in [-0.05, 0) is 37.5 Å². The Hall–Kier alpha value is -3.69. The van der Waals surface area contributed by atoms with Gasteiger partial charge in [0, 0.05) is 12.1 Å².